The van der Waals surface area contributed by atoms with E-state index in [1.165, 1.54) is 5.56 Å². The van der Waals surface area contributed by atoms with E-state index in [1.54, 1.807) is 0 Å². The first kappa shape index (κ1) is 10.5. The van der Waals surface area contributed by atoms with Gasteiger partial charge in [0, 0.05) is 5.75 Å². The van der Waals surface area contributed by atoms with Crippen LogP contribution in [-0.4, -0.2) is 10.0 Å². The van der Waals surface area contributed by atoms with E-state index in [-0.39, 0.29) is 0 Å². The average Bonchev–Trinajstić information content (AvgIpc) is 2.28. The van der Waals surface area contributed by atoms with Gasteiger partial charge in [0.15, 0.2) is 0 Å². The Bertz CT molecular complexity index is 490. The van der Waals surface area contributed by atoms with E-state index in [2.05, 4.69) is 28.5 Å². The maximum atomic E-state index is 5.46. The largest absolute Gasteiger partial charge is 0.108 e. The molecule has 1 rings (SSSR count). The van der Waals surface area contributed by atoms with Gasteiger partial charge in [-0.05, 0) is 24.0 Å². The highest BCUT2D eigenvalue weighted by Gasteiger charge is 1.98. The van der Waals surface area contributed by atoms with Crippen molar-refractivity contribution in [3.63, 3.8) is 0 Å². The van der Waals surface area contributed by atoms with Crippen LogP contribution in [0.4, 0.5) is 0 Å². The number of benzene rings is 1. The standard InChI is InChI=1S/C13H12S/c1-4-14(5-2,6-3)12-13-10-8-7-9-11-13/h1,7-11H,2-3,12H2. The van der Waals surface area contributed by atoms with Gasteiger partial charge in [0.25, 0.3) is 0 Å². The van der Waals surface area contributed by atoms with Crippen molar-refractivity contribution in [3.8, 4) is 11.7 Å². The Morgan fingerprint density at radius 2 is 1.71 bits per heavy atom. The third-order valence-electron chi connectivity index (χ3n) is 1.92. The molecule has 0 bridgehead atoms. The van der Waals surface area contributed by atoms with Gasteiger partial charge in [0.1, 0.15) is 0 Å². The van der Waals surface area contributed by atoms with Crippen molar-refractivity contribution in [1.82, 2.24) is 0 Å². The topological polar surface area (TPSA) is 0 Å². The van der Waals surface area contributed by atoms with Crippen LogP contribution in [0.5, 0.6) is 0 Å². The molecule has 0 aromatic heterocycles. The van der Waals surface area contributed by atoms with Gasteiger partial charge in [0.05, 0.1) is 0 Å². The quantitative estimate of drug-likeness (QED) is 0.508. The molecule has 0 saturated heterocycles. The number of rotatable bonds is 2. The van der Waals surface area contributed by atoms with Crippen LogP contribution in [0.15, 0.2) is 43.5 Å². The van der Waals surface area contributed by atoms with Crippen LogP contribution in [0.1, 0.15) is 5.56 Å². The molecular formula is C13H12S. The first-order chi connectivity index (χ1) is 6.76. The van der Waals surface area contributed by atoms with Crippen molar-refractivity contribution in [3.05, 3.63) is 49.1 Å². The second-order valence-electron chi connectivity index (χ2n) is 2.78. The second kappa shape index (κ2) is 4.61. The fourth-order valence-electron chi connectivity index (χ4n) is 1.10. The first-order valence-corrected chi connectivity index (χ1v) is 5.96. The van der Waals surface area contributed by atoms with Crippen LogP contribution in [0.2, 0.25) is 0 Å². The molecule has 1 aromatic carbocycles. The van der Waals surface area contributed by atoms with Crippen molar-refractivity contribution >= 4 is 19.3 Å². The summed E-state index contributed by atoms with van der Waals surface area (Å²) in [6.07, 6.45) is 5.46. The van der Waals surface area contributed by atoms with Gasteiger partial charge in [-0.25, -0.2) is 0 Å². The summed E-state index contributed by atoms with van der Waals surface area (Å²) in [5.74, 6) is 0.733. The third kappa shape index (κ3) is 2.22. The van der Waals surface area contributed by atoms with Crippen molar-refractivity contribution in [2.45, 2.75) is 5.75 Å². The van der Waals surface area contributed by atoms with Crippen LogP contribution in [0.25, 0.3) is 0 Å². The van der Waals surface area contributed by atoms with Crippen LogP contribution >= 0.6 is 9.21 Å². The van der Waals surface area contributed by atoms with Crippen molar-refractivity contribution in [2.24, 2.45) is 0 Å². The Balaban J connectivity index is 3.21. The molecule has 0 fully saturated rings. The molecule has 0 saturated carbocycles. The van der Waals surface area contributed by atoms with Crippen LogP contribution < -0.4 is 0 Å². The minimum absolute atomic E-state index is 0.733. The van der Waals surface area contributed by atoms with E-state index in [4.69, 9.17) is 6.42 Å². The summed E-state index contributed by atoms with van der Waals surface area (Å²) in [7, 11) is -1.56. The minimum Gasteiger partial charge on any atom is -0.108 e. The van der Waals surface area contributed by atoms with Gasteiger partial charge >= 0.3 is 0 Å². The zero-order chi connectivity index (χ0) is 10.4. The summed E-state index contributed by atoms with van der Waals surface area (Å²) in [6.45, 7) is 7.28. The lowest BCUT2D eigenvalue weighted by Gasteiger charge is -2.04. The highest BCUT2D eigenvalue weighted by atomic mass is 32.2. The molecule has 0 N–H and O–H groups in total. The summed E-state index contributed by atoms with van der Waals surface area (Å²) in [5.41, 5.74) is 1.17. The van der Waals surface area contributed by atoms with E-state index < -0.39 is 9.21 Å². The molecule has 70 valence electrons. The summed E-state index contributed by atoms with van der Waals surface area (Å²) in [5, 5.41) is 8.47. The minimum atomic E-state index is -1.56. The van der Waals surface area contributed by atoms with Gasteiger partial charge in [-0.15, -0.1) is 6.42 Å². The van der Waals surface area contributed by atoms with Crippen molar-refractivity contribution in [2.75, 3.05) is 0 Å². The molecule has 0 amide bonds. The summed E-state index contributed by atoms with van der Waals surface area (Å²) in [6, 6.07) is 10.0. The Morgan fingerprint density at radius 3 is 2.14 bits per heavy atom. The van der Waals surface area contributed by atoms with Gasteiger partial charge in [-0.1, -0.05) is 49.6 Å². The molecule has 0 nitrogen and oxygen atoms in total. The molecule has 0 spiro atoms. The molecule has 0 atom stereocenters. The van der Waals surface area contributed by atoms with E-state index in [0.29, 0.717) is 0 Å². The second-order valence-corrected chi connectivity index (χ2v) is 5.36. The molecule has 0 unspecified atom stereocenters. The lowest BCUT2D eigenvalue weighted by Crippen LogP contribution is -1.84. The molecule has 1 aromatic rings. The Labute approximate surface area is 86.1 Å². The molecular weight excluding hydrogens is 188 g/mol. The van der Waals surface area contributed by atoms with Gasteiger partial charge in [-0.3, -0.25) is 0 Å². The summed E-state index contributed by atoms with van der Waals surface area (Å²) >= 11 is 0. The summed E-state index contributed by atoms with van der Waals surface area (Å²) < 4.78 is 0. The van der Waals surface area contributed by atoms with Crippen LogP contribution in [-0.2, 0) is 5.75 Å². The zero-order valence-electron chi connectivity index (χ0n) is 7.99. The Hall–Kier alpha value is -1.57. The predicted molar refractivity (Wildman–Crippen MR) is 67.8 cm³/mol. The monoisotopic (exact) mass is 200 g/mol. The maximum absolute atomic E-state index is 5.46. The molecule has 0 aliphatic heterocycles. The number of hydrogen-bond donors (Lipinski definition) is 0. The normalized spacial score (nSPS) is 9.64. The third-order valence-corrected chi connectivity index (χ3v) is 4.07. The van der Waals surface area contributed by atoms with Crippen molar-refractivity contribution in [1.29, 1.82) is 0 Å². The first-order valence-electron chi connectivity index (χ1n) is 4.16. The Morgan fingerprint density at radius 1 is 1.14 bits per heavy atom. The van der Waals surface area contributed by atoms with E-state index >= 15 is 0 Å². The molecule has 0 radical (unpaired) electrons. The fraction of sp³-hybridized carbons (Fsp3) is 0.0769. The zero-order valence-corrected chi connectivity index (χ0v) is 8.81. The van der Waals surface area contributed by atoms with E-state index in [9.17, 15) is 0 Å². The lowest BCUT2D eigenvalue weighted by atomic mass is 10.2. The fourth-order valence-corrected chi connectivity index (χ4v) is 2.35. The van der Waals surface area contributed by atoms with Gasteiger partial charge in [-0.2, -0.15) is 0 Å². The highest BCUT2D eigenvalue weighted by molar-refractivity contribution is 8.31. The van der Waals surface area contributed by atoms with E-state index in [0.717, 1.165) is 5.75 Å². The summed E-state index contributed by atoms with van der Waals surface area (Å²) in [4.78, 5) is 0. The lowest BCUT2D eigenvalue weighted by molar-refractivity contribution is 1.42. The molecule has 14 heavy (non-hydrogen) atoms. The SMILES string of the molecule is C#CS(=C=C)(=C=C)Cc1ccccc1. The van der Waals surface area contributed by atoms with Gasteiger partial charge in [0.2, 0.25) is 0 Å². The van der Waals surface area contributed by atoms with Crippen LogP contribution in [0, 0.1) is 11.7 Å². The average molecular weight is 200 g/mol. The highest BCUT2D eigenvalue weighted by Crippen LogP contribution is 2.24. The molecule has 1 heteroatoms. The predicted octanol–water partition coefficient (Wildman–Crippen LogP) is 2.76. The smallest absolute Gasteiger partial charge is 0.0329 e. The molecule has 0 aliphatic rings. The van der Waals surface area contributed by atoms with E-state index in [1.807, 2.05) is 30.3 Å². The number of terminal acetylenes is 1. The maximum Gasteiger partial charge on any atom is 0.0329 e. The Kier molecular flexibility index (Phi) is 3.46. The number of hydrogen-bond acceptors (Lipinski definition) is 0. The molecule has 0 heterocycles. The molecule has 0 aliphatic carbocycles. The van der Waals surface area contributed by atoms with Crippen LogP contribution in [0.3, 0.4) is 0 Å². The van der Waals surface area contributed by atoms with Crippen molar-refractivity contribution < 1.29 is 0 Å². The van der Waals surface area contributed by atoms with Gasteiger partial charge < -0.3 is 0 Å².